The highest BCUT2D eigenvalue weighted by Crippen LogP contribution is 2.28. The van der Waals surface area contributed by atoms with Crippen LogP contribution in [0.5, 0.6) is 0 Å². The molecular weight excluding hydrogens is 434 g/mol. The Morgan fingerprint density at radius 1 is 1.21 bits per heavy atom. The van der Waals surface area contributed by atoms with Crippen LogP contribution in [-0.4, -0.2) is 65.3 Å². The topological polar surface area (TPSA) is 107 Å². The van der Waals surface area contributed by atoms with Crippen molar-refractivity contribution in [3.8, 4) is 0 Å². The highest BCUT2D eigenvalue weighted by atomic mass is 35.5. The molecule has 0 radical (unpaired) electrons. The number of likely N-dealkylation sites (N-methyl/N-ethyl adjacent to an activating group) is 1. The van der Waals surface area contributed by atoms with Gasteiger partial charge in [0.25, 0.3) is 0 Å². The Hall–Kier alpha value is -1.72. The molecule has 1 heterocycles. The molecule has 2 aromatic rings. The molecule has 2 rings (SSSR count). The van der Waals surface area contributed by atoms with Crippen LogP contribution >= 0.6 is 34.7 Å². The minimum atomic E-state index is -0.645. The van der Waals surface area contributed by atoms with Gasteiger partial charge in [-0.25, -0.2) is 0 Å². The monoisotopic (exact) mass is 457 g/mol. The maximum atomic E-state index is 12.0. The second-order valence-electron chi connectivity index (χ2n) is 6.56. The Morgan fingerprint density at radius 2 is 1.90 bits per heavy atom. The molecule has 3 N–H and O–H groups in total. The molecule has 0 aliphatic heterocycles. The van der Waals surface area contributed by atoms with Crippen LogP contribution in [0.25, 0.3) is 0 Å². The molecule has 0 bridgehead atoms. The van der Waals surface area contributed by atoms with Crippen LogP contribution in [0.3, 0.4) is 0 Å². The van der Waals surface area contributed by atoms with Gasteiger partial charge in [0.05, 0.1) is 6.10 Å². The summed E-state index contributed by atoms with van der Waals surface area (Å²) in [5.74, 6) is 0.133. The summed E-state index contributed by atoms with van der Waals surface area (Å²) in [6.07, 6.45) is -0.576. The van der Waals surface area contributed by atoms with E-state index in [0.29, 0.717) is 16.7 Å². The van der Waals surface area contributed by atoms with Crippen molar-refractivity contribution in [3.63, 3.8) is 0 Å². The van der Waals surface area contributed by atoms with Gasteiger partial charge in [-0.15, -0.1) is 10.2 Å². The summed E-state index contributed by atoms with van der Waals surface area (Å²) in [4.78, 5) is 25.6. The summed E-state index contributed by atoms with van der Waals surface area (Å²) in [6, 6.07) is 7.57. The molecule has 0 spiro atoms. The summed E-state index contributed by atoms with van der Waals surface area (Å²) in [5.41, 5.74) is 1.11. The van der Waals surface area contributed by atoms with Gasteiger partial charge in [0.2, 0.25) is 16.9 Å². The van der Waals surface area contributed by atoms with Gasteiger partial charge in [-0.1, -0.05) is 46.8 Å². The van der Waals surface area contributed by atoms with Crippen LogP contribution in [-0.2, 0) is 15.3 Å². The summed E-state index contributed by atoms with van der Waals surface area (Å²) < 4.78 is 0.739. The second-order valence-corrected chi connectivity index (χ2v) is 9.19. The highest BCUT2D eigenvalue weighted by molar-refractivity contribution is 8.00. The van der Waals surface area contributed by atoms with Crippen LogP contribution in [0, 0.1) is 0 Å². The first kappa shape index (κ1) is 23.6. The van der Waals surface area contributed by atoms with E-state index in [1.165, 1.54) is 23.1 Å². The zero-order valence-electron chi connectivity index (χ0n) is 16.2. The summed E-state index contributed by atoms with van der Waals surface area (Å²) in [7, 11) is 3.68. The van der Waals surface area contributed by atoms with Crippen molar-refractivity contribution in [2.75, 3.05) is 32.5 Å². The maximum Gasteiger partial charge on any atom is 0.226 e. The Kier molecular flexibility index (Phi) is 9.82. The first-order chi connectivity index (χ1) is 13.8. The Balaban J connectivity index is 1.67. The lowest BCUT2D eigenvalue weighted by molar-refractivity contribution is -0.124. The lowest BCUT2D eigenvalue weighted by atomic mass is 10.2. The van der Waals surface area contributed by atoms with E-state index in [1.54, 1.807) is 0 Å². The molecule has 1 atom stereocenters. The Labute approximate surface area is 183 Å². The minimum absolute atomic E-state index is 0.0302. The van der Waals surface area contributed by atoms with Crippen molar-refractivity contribution in [2.24, 2.45) is 0 Å². The normalized spacial score (nSPS) is 12.0. The fourth-order valence-corrected chi connectivity index (χ4v) is 4.11. The van der Waals surface area contributed by atoms with Crippen molar-refractivity contribution in [3.05, 3.63) is 34.9 Å². The Morgan fingerprint density at radius 3 is 2.59 bits per heavy atom. The van der Waals surface area contributed by atoms with Crippen molar-refractivity contribution in [2.45, 2.75) is 29.0 Å². The van der Waals surface area contributed by atoms with E-state index in [-0.39, 0.29) is 31.2 Å². The Bertz CT molecular complexity index is 801. The number of nitrogens with zero attached hydrogens (tertiary/aromatic N) is 3. The SMILES string of the molecule is CN(C)CC(O)CNC(=O)CCC(=O)Nc1nnc(SCc2ccc(Cl)cc2)s1. The zero-order chi connectivity index (χ0) is 21.2. The van der Waals surface area contributed by atoms with E-state index in [2.05, 4.69) is 20.8 Å². The average molecular weight is 458 g/mol. The number of aromatic nitrogens is 2. The van der Waals surface area contributed by atoms with E-state index in [4.69, 9.17) is 11.6 Å². The van der Waals surface area contributed by atoms with Gasteiger partial charge in [-0.05, 0) is 31.8 Å². The van der Waals surface area contributed by atoms with Crippen LogP contribution in [0.1, 0.15) is 18.4 Å². The summed E-state index contributed by atoms with van der Waals surface area (Å²) in [5, 5.41) is 24.1. The smallest absolute Gasteiger partial charge is 0.226 e. The molecule has 0 aliphatic carbocycles. The molecule has 8 nitrogen and oxygen atoms in total. The fourth-order valence-electron chi connectivity index (χ4n) is 2.26. The molecule has 29 heavy (non-hydrogen) atoms. The van der Waals surface area contributed by atoms with E-state index in [1.807, 2.05) is 43.3 Å². The summed E-state index contributed by atoms with van der Waals surface area (Å²) >= 11 is 8.67. The molecule has 0 fully saturated rings. The first-order valence-electron chi connectivity index (χ1n) is 8.92. The van der Waals surface area contributed by atoms with Gasteiger partial charge in [0, 0.05) is 36.7 Å². The van der Waals surface area contributed by atoms with E-state index in [0.717, 1.165) is 15.7 Å². The zero-order valence-corrected chi connectivity index (χ0v) is 18.6. The van der Waals surface area contributed by atoms with Crippen molar-refractivity contribution in [1.82, 2.24) is 20.4 Å². The van der Waals surface area contributed by atoms with Crippen molar-refractivity contribution < 1.29 is 14.7 Å². The molecule has 11 heteroatoms. The van der Waals surface area contributed by atoms with Gasteiger partial charge in [-0.2, -0.15) is 0 Å². The number of thioether (sulfide) groups is 1. The average Bonchev–Trinajstić information content (AvgIpc) is 3.11. The number of aliphatic hydroxyl groups is 1. The van der Waals surface area contributed by atoms with E-state index >= 15 is 0 Å². The van der Waals surface area contributed by atoms with Gasteiger partial charge in [0.1, 0.15) is 0 Å². The number of rotatable bonds is 11. The molecule has 1 unspecified atom stereocenters. The molecule has 0 aliphatic rings. The number of carbonyl (C=O) groups is 2. The third kappa shape index (κ3) is 9.55. The number of carbonyl (C=O) groups excluding carboxylic acids is 2. The number of aliphatic hydroxyl groups excluding tert-OH is 1. The molecule has 2 amide bonds. The number of hydrogen-bond acceptors (Lipinski definition) is 8. The molecule has 0 saturated heterocycles. The van der Waals surface area contributed by atoms with Gasteiger partial charge in [0.15, 0.2) is 4.34 Å². The fraction of sp³-hybridized carbons (Fsp3) is 0.444. The van der Waals surface area contributed by atoms with Crippen molar-refractivity contribution in [1.29, 1.82) is 0 Å². The summed E-state index contributed by atoms with van der Waals surface area (Å²) in [6.45, 7) is 0.611. The number of nitrogens with one attached hydrogen (secondary N) is 2. The molecule has 158 valence electrons. The van der Waals surface area contributed by atoms with Crippen LogP contribution in [0.4, 0.5) is 5.13 Å². The lowest BCUT2D eigenvalue weighted by Crippen LogP contribution is -2.37. The highest BCUT2D eigenvalue weighted by Gasteiger charge is 2.12. The third-order valence-corrected chi connectivity index (χ3v) is 5.91. The third-order valence-electron chi connectivity index (χ3n) is 3.62. The van der Waals surface area contributed by atoms with Gasteiger partial charge < -0.3 is 20.6 Å². The number of hydrogen-bond donors (Lipinski definition) is 3. The maximum absolute atomic E-state index is 12.0. The van der Waals surface area contributed by atoms with Gasteiger partial charge in [-0.3, -0.25) is 9.59 Å². The second kappa shape index (κ2) is 12.1. The van der Waals surface area contributed by atoms with Gasteiger partial charge >= 0.3 is 0 Å². The number of amides is 2. The minimum Gasteiger partial charge on any atom is -0.390 e. The molecular formula is C18H24ClN5O3S2. The molecule has 0 saturated carbocycles. The predicted molar refractivity (Wildman–Crippen MR) is 116 cm³/mol. The quantitative estimate of drug-likeness (QED) is 0.351. The number of anilines is 1. The van der Waals surface area contributed by atoms with Crippen LogP contribution in [0.2, 0.25) is 5.02 Å². The van der Waals surface area contributed by atoms with Crippen molar-refractivity contribution >= 4 is 51.6 Å². The van der Waals surface area contributed by atoms with Crippen LogP contribution < -0.4 is 10.6 Å². The van der Waals surface area contributed by atoms with E-state index < -0.39 is 6.10 Å². The standard InChI is InChI=1S/C18H24ClN5O3S2/c1-24(2)10-14(25)9-20-15(26)7-8-16(27)21-17-22-23-18(29-17)28-11-12-3-5-13(19)6-4-12/h3-6,14,25H,7-11H2,1-2H3,(H,20,26)(H,21,22,27). The molecule has 1 aromatic heterocycles. The lowest BCUT2D eigenvalue weighted by Gasteiger charge is -2.16. The first-order valence-corrected chi connectivity index (χ1v) is 11.1. The van der Waals surface area contributed by atoms with E-state index in [9.17, 15) is 14.7 Å². The van der Waals surface area contributed by atoms with Crippen LogP contribution in [0.15, 0.2) is 28.6 Å². The number of halogens is 1. The largest absolute Gasteiger partial charge is 0.390 e. The number of benzene rings is 1. The predicted octanol–water partition coefficient (Wildman–Crippen LogP) is 2.24. The molecule has 1 aromatic carbocycles.